The van der Waals surface area contributed by atoms with Crippen LogP contribution in [0.3, 0.4) is 0 Å². The second kappa shape index (κ2) is 12.1. The molecule has 1 atom stereocenters. The van der Waals surface area contributed by atoms with Crippen molar-refractivity contribution >= 4 is 11.6 Å². The lowest BCUT2D eigenvalue weighted by atomic mass is 10.1. The van der Waals surface area contributed by atoms with Crippen LogP contribution < -0.4 is 14.8 Å². The predicted octanol–water partition coefficient (Wildman–Crippen LogP) is 2.75. The predicted molar refractivity (Wildman–Crippen MR) is 119 cm³/mol. The van der Waals surface area contributed by atoms with Crippen LogP contribution in [-0.4, -0.2) is 69.2 Å². The van der Waals surface area contributed by atoms with E-state index < -0.39 is 6.10 Å². The van der Waals surface area contributed by atoms with E-state index in [9.17, 15) is 5.11 Å². The highest BCUT2D eigenvalue weighted by Gasteiger charge is 2.16. The molecule has 2 aromatic rings. The van der Waals surface area contributed by atoms with Crippen molar-refractivity contribution in [3.63, 3.8) is 0 Å². The molecule has 0 aromatic heterocycles. The van der Waals surface area contributed by atoms with Gasteiger partial charge in [0, 0.05) is 31.2 Å². The number of hydrogen-bond acceptors (Lipinski definition) is 6. The van der Waals surface area contributed by atoms with E-state index in [2.05, 4.69) is 10.2 Å². The van der Waals surface area contributed by atoms with Gasteiger partial charge in [-0.05, 0) is 48.4 Å². The molecule has 2 N–H and O–H groups in total. The minimum Gasteiger partial charge on any atom is -0.493 e. The van der Waals surface area contributed by atoms with Gasteiger partial charge in [-0.15, -0.1) is 0 Å². The number of aliphatic hydroxyl groups excluding tert-OH is 1. The van der Waals surface area contributed by atoms with Crippen LogP contribution in [-0.2, 0) is 17.7 Å². The Bertz CT molecular complexity index is 766. The van der Waals surface area contributed by atoms with Gasteiger partial charge >= 0.3 is 0 Å². The molecule has 0 saturated carbocycles. The lowest BCUT2D eigenvalue weighted by Crippen LogP contribution is -2.42. The lowest BCUT2D eigenvalue weighted by Gasteiger charge is -2.28. The van der Waals surface area contributed by atoms with Gasteiger partial charge in [0.1, 0.15) is 12.7 Å². The topological polar surface area (TPSA) is 63.2 Å². The van der Waals surface area contributed by atoms with Crippen LogP contribution in [0.5, 0.6) is 11.5 Å². The summed E-state index contributed by atoms with van der Waals surface area (Å²) < 4.78 is 16.6. The summed E-state index contributed by atoms with van der Waals surface area (Å²) >= 11 is 5.92. The molecule has 0 amide bonds. The van der Waals surface area contributed by atoms with E-state index in [4.69, 9.17) is 25.8 Å². The highest BCUT2D eigenvalue weighted by Crippen LogP contribution is 2.28. The number of methoxy groups -OCH3 is 1. The van der Waals surface area contributed by atoms with Crippen LogP contribution >= 0.6 is 11.6 Å². The van der Waals surface area contributed by atoms with Crippen molar-refractivity contribution in [1.29, 1.82) is 0 Å². The number of nitrogens with zero attached hydrogens (tertiary/aromatic N) is 1. The second-order valence-corrected chi connectivity index (χ2v) is 7.85. The summed E-state index contributed by atoms with van der Waals surface area (Å²) in [5, 5.41) is 14.5. The number of benzene rings is 2. The first kappa shape index (κ1) is 22.8. The van der Waals surface area contributed by atoms with Crippen LogP contribution in [0.4, 0.5) is 0 Å². The molecular weight excluding hydrogens is 404 g/mol. The molecule has 6 nitrogen and oxygen atoms in total. The molecule has 1 saturated heterocycles. The van der Waals surface area contributed by atoms with E-state index in [1.807, 2.05) is 42.5 Å². The van der Waals surface area contributed by atoms with Gasteiger partial charge in [0.05, 0.1) is 20.3 Å². The summed E-state index contributed by atoms with van der Waals surface area (Å²) in [5.74, 6) is 1.31. The van der Waals surface area contributed by atoms with Crippen molar-refractivity contribution in [3.05, 3.63) is 58.6 Å². The van der Waals surface area contributed by atoms with Gasteiger partial charge in [0.15, 0.2) is 11.5 Å². The number of nitrogens with one attached hydrogen (secondary N) is 1. The minimum absolute atomic E-state index is 0.229. The third-order valence-electron chi connectivity index (χ3n) is 5.06. The van der Waals surface area contributed by atoms with Crippen LogP contribution in [0.25, 0.3) is 0 Å². The van der Waals surface area contributed by atoms with Crippen molar-refractivity contribution in [2.45, 2.75) is 19.1 Å². The molecule has 0 spiro atoms. The fourth-order valence-corrected chi connectivity index (χ4v) is 3.50. The molecular formula is C23H31ClN2O4. The van der Waals surface area contributed by atoms with E-state index in [1.54, 1.807) is 7.11 Å². The number of ether oxygens (including phenoxy) is 3. The highest BCUT2D eigenvalue weighted by atomic mass is 35.5. The molecule has 7 heteroatoms. The zero-order valence-electron chi connectivity index (χ0n) is 17.5. The minimum atomic E-state index is -0.554. The summed E-state index contributed by atoms with van der Waals surface area (Å²) in [6.45, 7) is 5.56. The number of morpholine rings is 1. The maximum absolute atomic E-state index is 10.3. The largest absolute Gasteiger partial charge is 0.493 e. The Morgan fingerprint density at radius 2 is 1.83 bits per heavy atom. The summed E-state index contributed by atoms with van der Waals surface area (Å²) in [5.41, 5.74) is 2.37. The quantitative estimate of drug-likeness (QED) is 0.530. The summed E-state index contributed by atoms with van der Waals surface area (Å²) in [4.78, 5) is 2.19. The third kappa shape index (κ3) is 7.45. The average molecular weight is 435 g/mol. The smallest absolute Gasteiger partial charge is 0.161 e. The molecule has 0 unspecified atom stereocenters. The first-order valence-electron chi connectivity index (χ1n) is 10.4. The van der Waals surface area contributed by atoms with Gasteiger partial charge in [0.25, 0.3) is 0 Å². The molecule has 0 bridgehead atoms. The van der Waals surface area contributed by atoms with Crippen LogP contribution in [0.2, 0.25) is 5.02 Å². The lowest BCUT2D eigenvalue weighted by molar-refractivity contribution is 0.00445. The molecule has 1 heterocycles. The van der Waals surface area contributed by atoms with E-state index in [0.29, 0.717) is 18.0 Å². The monoisotopic (exact) mass is 434 g/mol. The highest BCUT2D eigenvalue weighted by molar-refractivity contribution is 6.30. The van der Waals surface area contributed by atoms with Gasteiger partial charge in [-0.3, -0.25) is 4.90 Å². The number of aliphatic hydroxyl groups is 1. The molecule has 30 heavy (non-hydrogen) atoms. The van der Waals surface area contributed by atoms with Crippen molar-refractivity contribution in [2.24, 2.45) is 0 Å². The Hall–Kier alpha value is -1.83. The Morgan fingerprint density at radius 1 is 1.10 bits per heavy atom. The van der Waals surface area contributed by atoms with E-state index in [-0.39, 0.29) is 6.61 Å². The summed E-state index contributed by atoms with van der Waals surface area (Å²) in [6.07, 6.45) is 0.387. The maximum Gasteiger partial charge on any atom is 0.161 e. The van der Waals surface area contributed by atoms with E-state index in [1.165, 1.54) is 5.56 Å². The van der Waals surface area contributed by atoms with Crippen LogP contribution in [0.15, 0.2) is 42.5 Å². The molecule has 2 aromatic carbocycles. The van der Waals surface area contributed by atoms with Crippen molar-refractivity contribution in [1.82, 2.24) is 10.2 Å². The summed E-state index contributed by atoms with van der Waals surface area (Å²) in [6, 6.07) is 13.8. The molecule has 164 valence electrons. The molecule has 1 aliphatic rings. The zero-order valence-corrected chi connectivity index (χ0v) is 18.2. The Morgan fingerprint density at radius 3 is 2.57 bits per heavy atom. The normalized spacial score (nSPS) is 15.7. The number of halogens is 1. The molecule has 3 rings (SSSR count). The second-order valence-electron chi connectivity index (χ2n) is 7.42. The van der Waals surface area contributed by atoms with Crippen molar-refractivity contribution in [2.75, 3.05) is 53.1 Å². The van der Waals surface area contributed by atoms with Gasteiger partial charge in [-0.1, -0.05) is 29.8 Å². The van der Waals surface area contributed by atoms with Crippen molar-refractivity contribution in [3.8, 4) is 11.5 Å². The Labute approximate surface area is 183 Å². The first-order chi connectivity index (χ1) is 14.6. The number of rotatable bonds is 11. The molecule has 1 aliphatic heterocycles. The van der Waals surface area contributed by atoms with Gasteiger partial charge in [0.2, 0.25) is 0 Å². The maximum atomic E-state index is 10.3. The molecule has 1 fully saturated rings. The molecule has 0 aliphatic carbocycles. The first-order valence-corrected chi connectivity index (χ1v) is 10.7. The van der Waals surface area contributed by atoms with Gasteiger partial charge in [-0.25, -0.2) is 0 Å². The van der Waals surface area contributed by atoms with Crippen LogP contribution in [0, 0.1) is 0 Å². The van der Waals surface area contributed by atoms with E-state index >= 15 is 0 Å². The number of β-amino-alcohol motifs (C(OH)–C–C–N with tert-alkyl or cyclic N) is 1. The SMILES string of the molecule is COc1cc(CNCCc2ccc(Cl)cc2)ccc1OC[C@H](O)CN1CCOCC1. The summed E-state index contributed by atoms with van der Waals surface area (Å²) in [7, 11) is 1.63. The van der Waals surface area contributed by atoms with E-state index in [0.717, 1.165) is 56.4 Å². The Balaban J connectivity index is 1.42. The fraction of sp³-hybridized carbons (Fsp3) is 0.478. The van der Waals surface area contributed by atoms with Gasteiger partial charge in [-0.2, -0.15) is 0 Å². The standard InChI is InChI=1S/C23H31ClN2O4/c1-28-23-14-19(15-25-9-8-18-2-5-20(24)6-3-18)4-7-22(23)30-17-21(27)16-26-10-12-29-13-11-26/h2-7,14,21,25,27H,8-13,15-17H2,1H3/t21-/m1/s1. The Kier molecular flexibility index (Phi) is 9.24. The third-order valence-corrected chi connectivity index (χ3v) is 5.32. The molecule has 0 radical (unpaired) electrons. The number of hydrogen-bond donors (Lipinski definition) is 2. The van der Waals surface area contributed by atoms with Crippen LogP contribution in [0.1, 0.15) is 11.1 Å². The van der Waals surface area contributed by atoms with Gasteiger partial charge < -0.3 is 24.6 Å². The fourth-order valence-electron chi connectivity index (χ4n) is 3.38. The van der Waals surface area contributed by atoms with Crippen molar-refractivity contribution < 1.29 is 19.3 Å². The zero-order chi connectivity index (χ0) is 21.2. The average Bonchev–Trinajstić information content (AvgIpc) is 2.77.